The molecule has 0 saturated heterocycles. The van der Waals surface area contributed by atoms with E-state index in [0.717, 1.165) is 34.5 Å². The lowest BCUT2D eigenvalue weighted by molar-refractivity contribution is 0.597. The highest BCUT2D eigenvalue weighted by molar-refractivity contribution is 7.89. The van der Waals surface area contributed by atoms with Crippen LogP contribution in [-0.4, -0.2) is 14.1 Å². The van der Waals surface area contributed by atoms with Gasteiger partial charge in [-0.15, -0.1) is 0 Å². The minimum Gasteiger partial charge on any atom is -0.257 e. The van der Waals surface area contributed by atoms with Gasteiger partial charge in [-0.1, -0.05) is 92.7 Å². The molecule has 0 amide bonds. The second-order valence-corrected chi connectivity index (χ2v) is 11.0. The van der Waals surface area contributed by atoms with E-state index in [1.165, 1.54) is 23.3 Å². The highest BCUT2D eigenvalue weighted by Crippen LogP contribution is 2.37. The van der Waals surface area contributed by atoms with Gasteiger partial charge in [0.1, 0.15) is 0 Å². The number of hydrogen-bond donors (Lipinski definition) is 1. The summed E-state index contributed by atoms with van der Waals surface area (Å²) >= 11 is 0. The van der Waals surface area contributed by atoms with Crippen molar-refractivity contribution in [3.63, 3.8) is 0 Å². The van der Waals surface area contributed by atoms with E-state index in [2.05, 4.69) is 74.5 Å². The molecule has 0 spiro atoms. The van der Waals surface area contributed by atoms with Crippen molar-refractivity contribution >= 4 is 21.4 Å². The van der Waals surface area contributed by atoms with Crippen LogP contribution in [0.2, 0.25) is 0 Å². The fraction of sp³-hybridized carbons (Fsp3) is 0.167. The Morgan fingerprint density at radius 3 is 1.94 bits per heavy atom. The van der Waals surface area contributed by atoms with Gasteiger partial charge >= 0.3 is 0 Å². The summed E-state index contributed by atoms with van der Waals surface area (Å²) in [6.07, 6.45) is 0.739. The molecule has 1 atom stereocenters. The SMILES string of the molecule is CC(C)c1ccc([C@H]2CC(c3ccc(-c4ccccc4)cc3)=NN2c2ccc(S(N)(=O)=O)cc2)cc1. The third kappa shape index (κ3) is 4.96. The topological polar surface area (TPSA) is 75.8 Å². The molecular formula is C30H29N3O2S. The van der Waals surface area contributed by atoms with E-state index in [9.17, 15) is 8.42 Å². The van der Waals surface area contributed by atoms with Crippen LogP contribution in [-0.2, 0) is 10.0 Å². The molecule has 5 nitrogen and oxygen atoms in total. The molecule has 4 aromatic carbocycles. The molecule has 4 aromatic rings. The van der Waals surface area contributed by atoms with Gasteiger partial charge in [0.05, 0.1) is 22.3 Å². The first-order chi connectivity index (χ1) is 17.3. The van der Waals surface area contributed by atoms with Gasteiger partial charge in [0.25, 0.3) is 0 Å². The van der Waals surface area contributed by atoms with Crippen molar-refractivity contribution in [2.75, 3.05) is 5.01 Å². The third-order valence-electron chi connectivity index (χ3n) is 6.65. The Bertz CT molecular complexity index is 1480. The van der Waals surface area contributed by atoms with E-state index in [1.807, 2.05) is 23.2 Å². The Labute approximate surface area is 213 Å². The van der Waals surface area contributed by atoms with Crippen molar-refractivity contribution in [3.05, 3.63) is 120 Å². The monoisotopic (exact) mass is 495 g/mol. The van der Waals surface area contributed by atoms with Crippen LogP contribution < -0.4 is 10.1 Å². The lowest BCUT2D eigenvalue weighted by Crippen LogP contribution is -2.19. The van der Waals surface area contributed by atoms with Crippen LogP contribution in [0.25, 0.3) is 11.1 Å². The number of benzene rings is 4. The van der Waals surface area contributed by atoms with E-state index in [0.29, 0.717) is 5.92 Å². The largest absolute Gasteiger partial charge is 0.257 e. The zero-order valence-corrected chi connectivity index (χ0v) is 21.2. The highest BCUT2D eigenvalue weighted by atomic mass is 32.2. The van der Waals surface area contributed by atoms with Crippen molar-refractivity contribution < 1.29 is 8.42 Å². The van der Waals surface area contributed by atoms with Gasteiger partial charge in [-0.05, 0) is 58.0 Å². The van der Waals surface area contributed by atoms with Crippen LogP contribution in [0.3, 0.4) is 0 Å². The summed E-state index contributed by atoms with van der Waals surface area (Å²) < 4.78 is 23.5. The number of sulfonamides is 1. The second-order valence-electron chi connectivity index (χ2n) is 9.41. The molecule has 0 aromatic heterocycles. The Kier molecular flexibility index (Phi) is 6.48. The smallest absolute Gasteiger partial charge is 0.238 e. The molecule has 0 bridgehead atoms. The Morgan fingerprint density at radius 1 is 0.778 bits per heavy atom. The van der Waals surface area contributed by atoms with Gasteiger partial charge in [-0.3, -0.25) is 5.01 Å². The molecule has 182 valence electrons. The minimum absolute atomic E-state index is 0.00431. The Balaban J connectivity index is 1.49. The first-order valence-electron chi connectivity index (χ1n) is 12.0. The van der Waals surface area contributed by atoms with Gasteiger partial charge in [0, 0.05) is 6.42 Å². The van der Waals surface area contributed by atoms with E-state index in [-0.39, 0.29) is 10.9 Å². The van der Waals surface area contributed by atoms with Crippen LogP contribution in [0.15, 0.2) is 113 Å². The molecule has 0 unspecified atom stereocenters. The summed E-state index contributed by atoms with van der Waals surface area (Å²) in [5, 5.41) is 12.3. The minimum atomic E-state index is -3.76. The summed E-state index contributed by atoms with van der Waals surface area (Å²) in [5.74, 6) is 0.458. The first kappa shape index (κ1) is 24.0. The van der Waals surface area contributed by atoms with Gasteiger partial charge in [-0.25, -0.2) is 13.6 Å². The van der Waals surface area contributed by atoms with Crippen LogP contribution in [0, 0.1) is 0 Å². The summed E-state index contributed by atoms with van der Waals surface area (Å²) in [5.41, 5.74) is 7.67. The molecule has 0 aliphatic carbocycles. The molecule has 6 heteroatoms. The highest BCUT2D eigenvalue weighted by Gasteiger charge is 2.30. The van der Waals surface area contributed by atoms with Crippen molar-refractivity contribution in [1.29, 1.82) is 0 Å². The maximum absolute atomic E-state index is 11.7. The standard InChI is InChI=1S/C30H29N3O2S/c1-21(2)22-8-14-26(15-9-22)30-20-29(25-12-10-24(11-13-25)23-6-4-3-5-7-23)32-33(30)27-16-18-28(19-17-27)36(31,34)35/h3-19,21,30H,20H2,1-2H3,(H2,31,34,35)/t30-/m1/s1. The summed E-state index contributed by atoms with van der Waals surface area (Å²) in [4.78, 5) is 0.0870. The normalized spacial score (nSPS) is 15.8. The Hall–Kier alpha value is -3.74. The number of hydrogen-bond acceptors (Lipinski definition) is 4. The van der Waals surface area contributed by atoms with Gasteiger partial charge < -0.3 is 0 Å². The number of nitrogens with two attached hydrogens (primary N) is 1. The number of nitrogens with zero attached hydrogens (tertiary/aromatic N) is 2. The fourth-order valence-corrected chi connectivity index (χ4v) is 5.08. The fourth-order valence-electron chi connectivity index (χ4n) is 4.56. The van der Waals surface area contributed by atoms with E-state index < -0.39 is 10.0 Å². The van der Waals surface area contributed by atoms with Crippen molar-refractivity contribution in [1.82, 2.24) is 0 Å². The first-order valence-corrected chi connectivity index (χ1v) is 13.6. The summed E-state index contributed by atoms with van der Waals surface area (Å²) in [6, 6.07) is 34.1. The lowest BCUT2D eigenvalue weighted by atomic mass is 9.94. The van der Waals surface area contributed by atoms with Crippen LogP contribution in [0.4, 0.5) is 5.69 Å². The maximum Gasteiger partial charge on any atom is 0.238 e. The second kappa shape index (κ2) is 9.72. The molecule has 0 fully saturated rings. The third-order valence-corrected chi connectivity index (χ3v) is 7.58. The van der Waals surface area contributed by atoms with Crippen LogP contribution in [0.5, 0.6) is 0 Å². The summed E-state index contributed by atoms with van der Waals surface area (Å²) in [6.45, 7) is 4.37. The number of primary sulfonamides is 1. The van der Waals surface area contributed by atoms with Crippen LogP contribution in [0.1, 0.15) is 48.9 Å². The lowest BCUT2D eigenvalue weighted by Gasteiger charge is -2.24. The predicted octanol–water partition coefficient (Wildman–Crippen LogP) is 6.48. The summed E-state index contributed by atoms with van der Waals surface area (Å²) in [7, 11) is -3.76. The van der Waals surface area contributed by atoms with Crippen molar-refractivity contribution in [2.24, 2.45) is 10.2 Å². The van der Waals surface area contributed by atoms with Crippen molar-refractivity contribution in [3.8, 4) is 11.1 Å². The van der Waals surface area contributed by atoms with E-state index >= 15 is 0 Å². The molecule has 1 aliphatic rings. The average Bonchev–Trinajstić information content (AvgIpc) is 3.34. The Morgan fingerprint density at radius 2 is 1.36 bits per heavy atom. The predicted molar refractivity (Wildman–Crippen MR) is 147 cm³/mol. The van der Waals surface area contributed by atoms with Gasteiger partial charge in [0.2, 0.25) is 10.0 Å². The van der Waals surface area contributed by atoms with E-state index in [1.54, 1.807) is 12.1 Å². The average molecular weight is 496 g/mol. The van der Waals surface area contributed by atoms with Crippen molar-refractivity contribution in [2.45, 2.75) is 37.1 Å². The number of hydrazone groups is 1. The molecule has 2 N–H and O–H groups in total. The zero-order valence-electron chi connectivity index (χ0n) is 20.4. The quantitative estimate of drug-likeness (QED) is 0.333. The molecular weight excluding hydrogens is 466 g/mol. The number of anilines is 1. The molecule has 0 saturated carbocycles. The van der Waals surface area contributed by atoms with Gasteiger partial charge in [-0.2, -0.15) is 5.10 Å². The van der Waals surface area contributed by atoms with Crippen LogP contribution >= 0.6 is 0 Å². The molecule has 1 aliphatic heterocycles. The zero-order chi connectivity index (χ0) is 25.3. The van der Waals surface area contributed by atoms with Gasteiger partial charge in [0.15, 0.2) is 0 Å². The number of rotatable bonds is 6. The molecule has 1 heterocycles. The molecule has 0 radical (unpaired) electrons. The molecule has 36 heavy (non-hydrogen) atoms. The maximum atomic E-state index is 11.7. The molecule has 5 rings (SSSR count). The van der Waals surface area contributed by atoms with E-state index in [4.69, 9.17) is 10.2 Å².